The number of hydrogen-bond donors (Lipinski definition) is 1. The van der Waals surface area contributed by atoms with E-state index in [1.54, 1.807) is 19.1 Å². The molecule has 2 unspecified atom stereocenters. The Bertz CT molecular complexity index is 1100. The highest BCUT2D eigenvalue weighted by molar-refractivity contribution is 8.00. The Hall–Kier alpha value is -2.87. The van der Waals surface area contributed by atoms with Crippen LogP contribution in [0.5, 0.6) is 5.75 Å². The number of carbonyl (C=O) groups is 1. The normalized spacial score (nSPS) is 13.2. The minimum absolute atomic E-state index is 0.231. The molecule has 2 atom stereocenters. The summed E-state index contributed by atoms with van der Waals surface area (Å²) in [5, 5.41) is 11.7. The molecule has 1 amide bonds. The predicted molar refractivity (Wildman–Crippen MR) is 135 cm³/mol. The number of amides is 1. The molecule has 0 aliphatic carbocycles. The fraction of sp³-hybridized carbons (Fsp3) is 0.423. The molecule has 0 aliphatic rings. The highest BCUT2D eigenvalue weighted by Gasteiger charge is 2.24. The van der Waals surface area contributed by atoms with Gasteiger partial charge in [0.1, 0.15) is 11.6 Å². The maximum atomic E-state index is 13.4. The summed E-state index contributed by atoms with van der Waals surface area (Å²) in [7, 11) is 0. The van der Waals surface area contributed by atoms with E-state index >= 15 is 0 Å². The Morgan fingerprint density at radius 2 is 1.76 bits per heavy atom. The summed E-state index contributed by atoms with van der Waals surface area (Å²) < 4.78 is 21.6. The van der Waals surface area contributed by atoms with E-state index in [0.29, 0.717) is 35.0 Å². The average molecular weight is 485 g/mol. The Morgan fingerprint density at radius 1 is 1.06 bits per heavy atom. The van der Waals surface area contributed by atoms with E-state index < -0.39 is 11.1 Å². The number of carbonyl (C=O) groups excluding carboxylic acids is 1. The molecule has 182 valence electrons. The number of hydrogen-bond acceptors (Lipinski definition) is 5. The molecule has 0 spiro atoms. The lowest BCUT2D eigenvalue weighted by Crippen LogP contribution is -2.23. The van der Waals surface area contributed by atoms with Crippen LogP contribution in [0.25, 0.3) is 0 Å². The molecule has 0 radical (unpaired) electrons. The quantitative estimate of drug-likeness (QED) is 0.335. The van der Waals surface area contributed by atoms with Crippen LogP contribution in [0, 0.1) is 11.7 Å². The smallest absolute Gasteiger partial charge is 0.237 e. The van der Waals surface area contributed by atoms with Gasteiger partial charge in [0.15, 0.2) is 17.1 Å². The summed E-state index contributed by atoms with van der Waals surface area (Å²) in [5.74, 6) is 1.66. The molecule has 34 heavy (non-hydrogen) atoms. The maximum absolute atomic E-state index is 13.4. The second-order valence-corrected chi connectivity index (χ2v) is 10.4. The van der Waals surface area contributed by atoms with Crippen LogP contribution >= 0.6 is 11.8 Å². The van der Waals surface area contributed by atoms with E-state index in [1.807, 2.05) is 23.6 Å². The van der Waals surface area contributed by atoms with Gasteiger partial charge in [-0.1, -0.05) is 57.7 Å². The van der Waals surface area contributed by atoms with Gasteiger partial charge in [-0.2, -0.15) is 0 Å². The van der Waals surface area contributed by atoms with E-state index in [-0.39, 0.29) is 12.0 Å². The Labute approximate surface area is 205 Å². The third-order valence-electron chi connectivity index (χ3n) is 5.26. The molecule has 3 aromatic rings. The first-order chi connectivity index (χ1) is 16.1. The van der Waals surface area contributed by atoms with Crippen molar-refractivity contribution >= 4 is 23.4 Å². The zero-order valence-electron chi connectivity index (χ0n) is 20.6. The van der Waals surface area contributed by atoms with Gasteiger partial charge in [-0.15, -0.1) is 10.2 Å². The van der Waals surface area contributed by atoms with E-state index in [9.17, 15) is 9.18 Å². The van der Waals surface area contributed by atoms with Crippen LogP contribution in [0.2, 0.25) is 0 Å². The highest BCUT2D eigenvalue weighted by Crippen LogP contribution is 2.29. The number of benzene rings is 2. The zero-order chi connectivity index (χ0) is 24.8. The van der Waals surface area contributed by atoms with E-state index in [1.165, 1.54) is 29.5 Å². The largest absolute Gasteiger partial charge is 0.483 e. The first-order valence-corrected chi connectivity index (χ1v) is 12.4. The molecule has 2 aromatic carbocycles. The van der Waals surface area contributed by atoms with E-state index in [2.05, 4.69) is 55.3 Å². The van der Waals surface area contributed by atoms with E-state index in [4.69, 9.17) is 4.74 Å². The number of nitrogens with zero attached hydrogens (tertiary/aromatic N) is 3. The van der Waals surface area contributed by atoms with Crippen LogP contribution in [0.15, 0.2) is 53.7 Å². The molecule has 0 aliphatic heterocycles. The van der Waals surface area contributed by atoms with Crippen molar-refractivity contribution in [1.29, 1.82) is 0 Å². The van der Waals surface area contributed by atoms with Crippen molar-refractivity contribution in [1.82, 2.24) is 14.8 Å². The van der Waals surface area contributed by atoms with Gasteiger partial charge < -0.3 is 14.6 Å². The standard InChI is InChI=1S/C26H33FN4O2S/c1-16(2)15-31-24(18(5)33-23-12-10-20(11-13-23)17(3)4)29-30-26(31)34-19(6)25(32)28-22-9-7-8-21(27)14-22/h7-14,16-19H,15H2,1-6H3,(H,28,32). The first-order valence-electron chi connectivity index (χ1n) is 11.6. The Morgan fingerprint density at radius 3 is 2.38 bits per heavy atom. The number of ether oxygens (including phenoxy) is 1. The second kappa shape index (κ2) is 11.5. The SMILES string of the molecule is CC(C)Cn1c(SC(C)C(=O)Nc2cccc(F)c2)nnc1C(C)Oc1ccc(C(C)C)cc1. The van der Waals surface area contributed by atoms with E-state index in [0.717, 1.165) is 5.75 Å². The molecular weight excluding hydrogens is 451 g/mol. The minimum Gasteiger partial charge on any atom is -0.483 e. The van der Waals surface area contributed by atoms with Gasteiger partial charge in [-0.25, -0.2) is 4.39 Å². The van der Waals surface area contributed by atoms with Crippen molar-refractivity contribution in [2.24, 2.45) is 5.92 Å². The first kappa shape index (κ1) is 25.7. The lowest BCUT2D eigenvalue weighted by Gasteiger charge is -2.19. The number of nitrogens with one attached hydrogen (secondary N) is 1. The van der Waals surface area contributed by atoms with Crippen LogP contribution in [-0.2, 0) is 11.3 Å². The highest BCUT2D eigenvalue weighted by atomic mass is 32.2. The molecule has 8 heteroatoms. The van der Waals surface area contributed by atoms with Gasteiger partial charge in [0.05, 0.1) is 5.25 Å². The summed E-state index contributed by atoms with van der Waals surface area (Å²) in [6.07, 6.45) is -0.318. The molecular formula is C26H33FN4O2S. The minimum atomic E-state index is -0.453. The van der Waals surface area contributed by atoms with Crippen molar-refractivity contribution in [2.45, 2.75) is 70.5 Å². The van der Waals surface area contributed by atoms with Crippen molar-refractivity contribution in [2.75, 3.05) is 5.32 Å². The summed E-state index contributed by atoms with van der Waals surface area (Å²) in [6.45, 7) is 13.0. The third kappa shape index (κ3) is 6.82. The zero-order valence-corrected chi connectivity index (χ0v) is 21.4. The lowest BCUT2D eigenvalue weighted by atomic mass is 10.0. The molecule has 0 fully saturated rings. The molecule has 0 saturated heterocycles. The third-order valence-corrected chi connectivity index (χ3v) is 6.34. The van der Waals surface area contributed by atoms with Crippen molar-refractivity contribution in [3.63, 3.8) is 0 Å². The van der Waals surface area contributed by atoms with Gasteiger partial charge in [-0.05, 0) is 61.6 Å². The molecule has 1 N–H and O–H groups in total. The predicted octanol–water partition coefficient (Wildman–Crippen LogP) is 6.46. The van der Waals surface area contributed by atoms with Crippen molar-refractivity contribution in [3.8, 4) is 5.75 Å². The maximum Gasteiger partial charge on any atom is 0.237 e. The molecule has 1 heterocycles. The summed E-state index contributed by atoms with van der Waals surface area (Å²) in [4.78, 5) is 12.7. The van der Waals surface area contributed by atoms with Crippen LogP contribution < -0.4 is 10.1 Å². The second-order valence-electron chi connectivity index (χ2n) is 9.09. The number of anilines is 1. The van der Waals surface area contributed by atoms with Gasteiger partial charge >= 0.3 is 0 Å². The number of halogens is 1. The van der Waals surface area contributed by atoms with Crippen LogP contribution in [-0.4, -0.2) is 25.9 Å². The summed E-state index contributed by atoms with van der Waals surface area (Å²) in [6, 6.07) is 14.0. The Balaban J connectivity index is 1.74. The molecule has 0 saturated carbocycles. The molecule has 1 aromatic heterocycles. The van der Waals surface area contributed by atoms with Gasteiger partial charge in [0.2, 0.25) is 5.91 Å². The topological polar surface area (TPSA) is 69.0 Å². The van der Waals surface area contributed by atoms with Crippen LogP contribution in [0.1, 0.15) is 65.0 Å². The van der Waals surface area contributed by atoms with Crippen LogP contribution in [0.4, 0.5) is 10.1 Å². The molecule has 6 nitrogen and oxygen atoms in total. The number of thioether (sulfide) groups is 1. The number of aromatic nitrogens is 3. The average Bonchev–Trinajstić information content (AvgIpc) is 3.15. The van der Waals surface area contributed by atoms with Gasteiger partial charge in [0, 0.05) is 12.2 Å². The van der Waals surface area contributed by atoms with Crippen LogP contribution in [0.3, 0.4) is 0 Å². The van der Waals surface area contributed by atoms with Gasteiger partial charge in [-0.3, -0.25) is 4.79 Å². The van der Waals surface area contributed by atoms with Crippen molar-refractivity contribution in [3.05, 3.63) is 65.7 Å². The fourth-order valence-corrected chi connectivity index (χ4v) is 4.30. The lowest BCUT2D eigenvalue weighted by molar-refractivity contribution is -0.115. The molecule has 0 bridgehead atoms. The Kier molecular flexibility index (Phi) is 8.72. The monoisotopic (exact) mass is 484 g/mol. The van der Waals surface area contributed by atoms with Gasteiger partial charge in [0.25, 0.3) is 0 Å². The fourth-order valence-electron chi connectivity index (χ4n) is 3.43. The van der Waals surface area contributed by atoms with Crippen molar-refractivity contribution < 1.29 is 13.9 Å². The molecule has 3 rings (SSSR count). The number of rotatable bonds is 10. The summed E-state index contributed by atoms with van der Waals surface area (Å²) >= 11 is 1.32. The summed E-state index contributed by atoms with van der Waals surface area (Å²) in [5.41, 5.74) is 1.68.